The maximum absolute atomic E-state index is 12.0. The highest BCUT2D eigenvalue weighted by molar-refractivity contribution is 7.89. The number of anilines is 1. The van der Waals surface area contributed by atoms with Gasteiger partial charge in [-0.3, -0.25) is 4.98 Å². The van der Waals surface area contributed by atoms with E-state index in [4.69, 9.17) is 0 Å². The van der Waals surface area contributed by atoms with Gasteiger partial charge in [0, 0.05) is 30.9 Å². The minimum atomic E-state index is -3.37. The van der Waals surface area contributed by atoms with Crippen LogP contribution < -0.4 is 5.32 Å². The molecule has 0 amide bonds. The first kappa shape index (κ1) is 15.0. The van der Waals surface area contributed by atoms with Crippen molar-refractivity contribution >= 4 is 27.0 Å². The lowest BCUT2D eigenvalue weighted by atomic mass is 10.2. The normalized spacial score (nSPS) is 13.4. The highest BCUT2D eigenvalue weighted by atomic mass is 32.2. The van der Waals surface area contributed by atoms with E-state index in [2.05, 4.69) is 10.3 Å². The molecule has 1 aromatic heterocycles. The molecule has 1 atom stereocenters. The molecule has 0 radical (unpaired) electrons. The second-order valence-electron chi connectivity index (χ2n) is 4.58. The van der Waals surface area contributed by atoms with E-state index in [1.54, 1.807) is 41.1 Å². The van der Waals surface area contributed by atoms with Gasteiger partial charge in [0.15, 0.2) is 0 Å². The quantitative estimate of drug-likeness (QED) is 0.922. The fourth-order valence-electron chi connectivity index (χ4n) is 1.69. The van der Waals surface area contributed by atoms with Gasteiger partial charge in [0.05, 0.1) is 16.4 Å². The zero-order valence-electron chi connectivity index (χ0n) is 11.6. The number of nitrogens with one attached hydrogen (secondary N) is 1. The molecular formula is C13H17N3O2S2. The Morgan fingerprint density at radius 3 is 2.40 bits per heavy atom. The Morgan fingerprint density at radius 1 is 1.25 bits per heavy atom. The summed E-state index contributed by atoms with van der Waals surface area (Å²) in [6.07, 6.45) is 1.83. The zero-order chi connectivity index (χ0) is 14.8. The summed E-state index contributed by atoms with van der Waals surface area (Å²) < 4.78 is 25.1. The molecule has 1 heterocycles. The van der Waals surface area contributed by atoms with Crippen LogP contribution >= 0.6 is 11.3 Å². The van der Waals surface area contributed by atoms with Crippen molar-refractivity contribution in [3.8, 4) is 0 Å². The van der Waals surface area contributed by atoms with E-state index in [1.807, 2.05) is 13.1 Å². The molecule has 0 aliphatic rings. The Labute approximate surface area is 123 Å². The van der Waals surface area contributed by atoms with Gasteiger partial charge in [-0.25, -0.2) is 12.7 Å². The summed E-state index contributed by atoms with van der Waals surface area (Å²) in [4.78, 5) is 5.47. The first-order chi connectivity index (χ1) is 9.41. The van der Waals surface area contributed by atoms with Crippen LogP contribution in [0.5, 0.6) is 0 Å². The van der Waals surface area contributed by atoms with Crippen molar-refractivity contribution in [3.63, 3.8) is 0 Å². The monoisotopic (exact) mass is 311 g/mol. The summed E-state index contributed by atoms with van der Waals surface area (Å²) in [6, 6.07) is 6.90. The van der Waals surface area contributed by atoms with Gasteiger partial charge in [-0.1, -0.05) is 0 Å². The van der Waals surface area contributed by atoms with Crippen molar-refractivity contribution in [2.45, 2.75) is 17.9 Å². The van der Waals surface area contributed by atoms with Crippen molar-refractivity contribution in [1.82, 2.24) is 9.29 Å². The third kappa shape index (κ3) is 3.17. The molecule has 0 aliphatic carbocycles. The first-order valence-electron chi connectivity index (χ1n) is 6.09. The van der Waals surface area contributed by atoms with Gasteiger partial charge in [-0.15, -0.1) is 11.3 Å². The van der Waals surface area contributed by atoms with Crippen molar-refractivity contribution in [2.75, 3.05) is 19.4 Å². The van der Waals surface area contributed by atoms with Crippen LogP contribution in [0.4, 0.5) is 5.69 Å². The molecule has 7 heteroatoms. The third-order valence-electron chi connectivity index (χ3n) is 2.89. The molecule has 0 fully saturated rings. The van der Waals surface area contributed by atoms with Crippen LogP contribution in [-0.4, -0.2) is 31.8 Å². The van der Waals surface area contributed by atoms with Crippen LogP contribution in [0, 0.1) is 0 Å². The summed E-state index contributed by atoms with van der Waals surface area (Å²) in [7, 11) is -0.325. The fourth-order valence-corrected chi connectivity index (χ4v) is 3.22. The topological polar surface area (TPSA) is 62.3 Å². The summed E-state index contributed by atoms with van der Waals surface area (Å²) >= 11 is 1.59. The number of sulfonamides is 1. The van der Waals surface area contributed by atoms with Crippen molar-refractivity contribution in [3.05, 3.63) is 40.8 Å². The van der Waals surface area contributed by atoms with Gasteiger partial charge in [0.1, 0.15) is 0 Å². The molecule has 0 spiro atoms. The molecule has 1 N–H and O–H groups in total. The van der Waals surface area contributed by atoms with Gasteiger partial charge in [0.25, 0.3) is 0 Å². The zero-order valence-corrected chi connectivity index (χ0v) is 13.2. The van der Waals surface area contributed by atoms with Gasteiger partial charge in [0.2, 0.25) is 10.0 Å². The Morgan fingerprint density at radius 2 is 1.90 bits per heavy atom. The molecule has 0 bridgehead atoms. The van der Waals surface area contributed by atoms with E-state index in [-0.39, 0.29) is 6.04 Å². The Bertz CT molecular complexity index is 649. The SMILES string of the molecule is CC(Nc1ccc(S(=O)(=O)N(C)C)cc1)c1cncs1. The molecule has 108 valence electrons. The number of nitrogens with zero attached hydrogens (tertiary/aromatic N) is 2. The molecule has 2 aromatic rings. The fraction of sp³-hybridized carbons (Fsp3) is 0.308. The summed E-state index contributed by atoms with van der Waals surface area (Å²) in [5.74, 6) is 0. The minimum absolute atomic E-state index is 0.138. The van der Waals surface area contributed by atoms with Crippen LogP contribution in [0.2, 0.25) is 0 Å². The second kappa shape index (κ2) is 5.90. The summed E-state index contributed by atoms with van der Waals surface area (Å²) in [6.45, 7) is 2.04. The van der Waals surface area contributed by atoms with Gasteiger partial charge in [-0.05, 0) is 31.2 Å². The van der Waals surface area contributed by atoms with E-state index in [9.17, 15) is 8.42 Å². The molecule has 0 saturated heterocycles. The standard InChI is InChI=1S/C13H17N3O2S2/c1-10(13-8-14-9-19-13)15-11-4-6-12(7-5-11)20(17,18)16(2)3/h4-10,15H,1-3H3. The number of thiazole rings is 1. The van der Waals surface area contributed by atoms with Crippen molar-refractivity contribution < 1.29 is 8.42 Å². The van der Waals surface area contributed by atoms with Gasteiger partial charge >= 0.3 is 0 Å². The largest absolute Gasteiger partial charge is 0.378 e. The molecule has 1 unspecified atom stereocenters. The van der Waals surface area contributed by atoms with Crippen LogP contribution in [-0.2, 0) is 10.0 Å². The van der Waals surface area contributed by atoms with E-state index in [1.165, 1.54) is 18.4 Å². The third-order valence-corrected chi connectivity index (χ3v) is 5.68. The van der Waals surface area contributed by atoms with Gasteiger partial charge in [-0.2, -0.15) is 0 Å². The highest BCUT2D eigenvalue weighted by Crippen LogP contribution is 2.23. The molecule has 0 saturated carbocycles. The average Bonchev–Trinajstić information content (AvgIpc) is 2.93. The predicted molar refractivity (Wildman–Crippen MR) is 81.5 cm³/mol. The number of aromatic nitrogens is 1. The van der Waals surface area contributed by atoms with Crippen LogP contribution in [0.15, 0.2) is 40.9 Å². The number of rotatable bonds is 5. The van der Waals surface area contributed by atoms with E-state index in [0.717, 1.165) is 10.6 Å². The maximum Gasteiger partial charge on any atom is 0.242 e. The smallest absolute Gasteiger partial charge is 0.242 e. The Kier molecular flexibility index (Phi) is 4.42. The Balaban J connectivity index is 2.13. The lowest BCUT2D eigenvalue weighted by Crippen LogP contribution is -2.22. The lowest BCUT2D eigenvalue weighted by Gasteiger charge is -2.15. The maximum atomic E-state index is 12.0. The Hall–Kier alpha value is -1.44. The van der Waals surface area contributed by atoms with Crippen LogP contribution in [0.25, 0.3) is 0 Å². The molecule has 1 aromatic carbocycles. The number of hydrogen-bond acceptors (Lipinski definition) is 5. The summed E-state index contributed by atoms with van der Waals surface area (Å²) in [5, 5.41) is 3.31. The minimum Gasteiger partial charge on any atom is -0.378 e. The van der Waals surface area contributed by atoms with Crippen LogP contribution in [0.1, 0.15) is 17.8 Å². The average molecular weight is 311 g/mol. The highest BCUT2D eigenvalue weighted by Gasteiger charge is 2.16. The predicted octanol–water partition coefficient (Wildman–Crippen LogP) is 2.57. The first-order valence-corrected chi connectivity index (χ1v) is 8.41. The lowest BCUT2D eigenvalue weighted by molar-refractivity contribution is 0.521. The summed E-state index contributed by atoms with van der Waals surface area (Å²) in [5.41, 5.74) is 2.67. The number of benzene rings is 1. The number of hydrogen-bond donors (Lipinski definition) is 1. The second-order valence-corrected chi connectivity index (χ2v) is 7.65. The molecule has 5 nitrogen and oxygen atoms in total. The van der Waals surface area contributed by atoms with Crippen molar-refractivity contribution in [2.24, 2.45) is 0 Å². The van der Waals surface area contributed by atoms with Gasteiger partial charge < -0.3 is 5.32 Å². The molecular weight excluding hydrogens is 294 g/mol. The van der Waals surface area contributed by atoms with E-state index in [0.29, 0.717) is 4.90 Å². The molecule has 2 rings (SSSR count). The van der Waals surface area contributed by atoms with Crippen LogP contribution in [0.3, 0.4) is 0 Å². The molecule has 20 heavy (non-hydrogen) atoms. The van der Waals surface area contributed by atoms with E-state index < -0.39 is 10.0 Å². The van der Waals surface area contributed by atoms with Crippen molar-refractivity contribution in [1.29, 1.82) is 0 Å². The molecule has 0 aliphatic heterocycles. The van der Waals surface area contributed by atoms with E-state index >= 15 is 0 Å².